The van der Waals surface area contributed by atoms with E-state index in [4.69, 9.17) is 9.47 Å². The average Bonchev–Trinajstić information content (AvgIpc) is 2.40. The predicted octanol–water partition coefficient (Wildman–Crippen LogP) is 2.70. The first kappa shape index (κ1) is 14.5. The van der Waals surface area contributed by atoms with Crippen molar-refractivity contribution in [3.8, 4) is 0 Å². The van der Waals surface area contributed by atoms with Gasteiger partial charge in [-0.3, -0.25) is 0 Å². The maximum atomic E-state index is 5.71. The van der Waals surface area contributed by atoms with Crippen LogP contribution >= 0.6 is 0 Å². The molecule has 0 fully saturated rings. The van der Waals surface area contributed by atoms with Gasteiger partial charge in [0.05, 0.1) is 6.04 Å². The van der Waals surface area contributed by atoms with Crippen LogP contribution in [-0.2, 0) is 15.9 Å². The number of nitrogens with one attached hydrogen (secondary N) is 1. The molecule has 106 valence electrons. The first-order valence-electron chi connectivity index (χ1n) is 7.28. The summed E-state index contributed by atoms with van der Waals surface area (Å²) >= 11 is 0. The summed E-state index contributed by atoms with van der Waals surface area (Å²) in [5.41, 5.74) is 2.99. The third-order valence-corrected chi connectivity index (χ3v) is 3.86. The van der Waals surface area contributed by atoms with Crippen LogP contribution in [0, 0.1) is 0 Å². The molecule has 2 atom stereocenters. The van der Waals surface area contributed by atoms with Gasteiger partial charge in [0.1, 0.15) is 0 Å². The van der Waals surface area contributed by atoms with Crippen molar-refractivity contribution in [3.05, 3.63) is 35.4 Å². The summed E-state index contributed by atoms with van der Waals surface area (Å²) in [4.78, 5) is 0. The third-order valence-electron chi connectivity index (χ3n) is 3.86. The van der Waals surface area contributed by atoms with Crippen molar-refractivity contribution in [1.29, 1.82) is 0 Å². The Labute approximate surface area is 116 Å². The lowest BCUT2D eigenvalue weighted by molar-refractivity contribution is -0.155. The fourth-order valence-corrected chi connectivity index (χ4v) is 2.85. The predicted molar refractivity (Wildman–Crippen MR) is 77.4 cm³/mol. The number of fused-ring (bicyclic) bond motifs is 1. The summed E-state index contributed by atoms with van der Waals surface area (Å²) in [6.07, 6.45) is 2.10. The fourth-order valence-electron chi connectivity index (χ4n) is 2.85. The van der Waals surface area contributed by atoms with Crippen LogP contribution in [0.3, 0.4) is 0 Å². The van der Waals surface area contributed by atoms with Gasteiger partial charge in [-0.25, -0.2) is 0 Å². The van der Waals surface area contributed by atoms with Gasteiger partial charge in [-0.1, -0.05) is 24.3 Å². The molecular weight excluding hydrogens is 238 g/mol. The molecule has 0 aromatic heterocycles. The molecule has 0 heterocycles. The highest BCUT2D eigenvalue weighted by Crippen LogP contribution is 2.38. The number of likely N-dealkylation sites (N-methyl/N-ethyl adjacent to an activating group) is 1. The Kier molecular flexibility index (Phi) is 5.37. The highest BCUT2D eigenvalue weighted by molar-refractivity contribution is 5.39. The van der Waals surface area contributed by atoms with Gasteiger partial charge in [-0.2, -0.15) is 0 Å². The highest BCUT2D eigenvalue weighted by atomic mass is 16.7. The second kappa shape index (κ2) is 7.04. The van der Waals surface area contributed by atoms with Crippen LogP contribution in [-0.4, -0.2) is 32.6 Å². The lowest BCUT2D eigenvalue weighted by Gasteiger charge is -2.35. The Hall–Kier alpha value is -0.900. The number of hydrogen-bond donors (Lipinski definition) is 1. The van der Waals surface area contributed by atoms with Crippen molar-refractivity contribution < 1.29 is 9.47 Å². The van der Waals surface area contributed by atoms with Crippen molar-refractivity contribution in [2.75, 3.05) is 20.3 Å². The zero-order valence-electron chi connectivity index (χ0n) is 12.2. The molecule has 0 radical (unpaired) electrons. The smallest absolute Gasteiger partial charge is 0.172 e. The molecule has 3 heteroatoms. The molecule has 19 heavy (non-hydrogen) atoms. The SMILES string of the molecule is CCOC(OCC)C(CC1Cc2ccccc21)NC. The van der Waals surface area contributed by atoms with Gasteiger partial charge >= 0.3 is 0 Å². The summed E-state index contributed by atoms with van der Waals surface area (Å²) in [7, 11) is 1.99. The zero-order valence-corrected chi connectivity index (χ0v) is 12.2. The fraction of sp³-hybridized carbons (Fsp3) is 0.625. The topological polar surface area (TPSA) is 30.5 Å². The summed E-state index contributed by atoms with van der Waals surface area (Å²) in [5, 5.41) is 3.35. The minimum absolute atomic E-state index is 0.146. The van der Waals surface area contributed by atoms with Crippen LogP contribution in [0.5, 0.6) is 0 Å². The van der Waals surface area contributed by atoms with E-state index in [9.17, 15) is 0 Å². The Morgan fingerprint density at radius 2 is 1.89 bits per heavy atom. The van der Waals surface area contributed by atoms with Gasteiger partial charge in [0.25, 0.3) is 0 Å². The number of benzene rings is 1. The van der Waals surface area contributed by atoms with Crippen molar-refractivity contribution in [2.45, 2.75) is 44.9 Å². The maximum Gasteiger partial charge on any atom is 0.172 e. The summed E-state index contributed by atoms with van der Waals surface area (Å²) in [6.45, 7) is 5.39. The Morgan fingerprint density at radius 1 is 1.21 bits per heavy atom. The molecule has 1 aliphatic carbocycles. The van der Waals surface area contributed by atoms with E-state index in [1.54, 1.807) is 0 Å². The van der Waals surface area contributed by atoms with Gasteiger partial charge in [-0.15, -0.1) is 0 Å². The monoisotopic (exact) mass is 263 g/mol. The zero-order chi connectivity index (χ0) is 13.7. The van der Waals surface area contributed by atoms with Gasteiger partial charge in [0.2, 0.25) is 0 Å². The molecule has 0 spiro atoms. The highest BCUT2D eigenvalue weighted by Gasteiger charge is 2.31. The van der Waals surface area contributed by atoms with Gasteiger partial charge in [-0.05, 0) is 50.8 Å². The minimum Gasteiger partial charge on any atom is -0.351 e. The van der Waals surface area contributed by atoms with E-state index in [1.165, 1.54) is 17.5 Å². The van der Waals surface area contributed by atoms with Gasteiger partial charge < -0.3 is 14.8 Å². The molecule has 2 rings (SSSR count). The van der Waals surface area contributed by atoms with E-state index in [0.29, 0.717) is 19.1 Å². The van der Waals surface area contributed by atoms with E-state index >= 15 is 0 Å². The van der Waals surface area contributed by atoms with E-state index in [-0.39, 0.29) is 12.3 Å². The van der Waals surface area contributed by atoms with Gasteiger partial charge in [0.15, 0.2) is 6.29 Å². The van der Waals surface area contributed by atoms with E-state index in [0.717, 1.165) is 6.42 Å². The van der Waals surface area contributed by atoms with Crippen LogP contribution in [0.2, 0.25) is 0 Å². The molecular formula is C16H25NO2. The summed E-state index contributed by atoms with van der Waals surface area (Å²) in [6, 6.07) is 8.96. The van der Waals surface area contributed by atoms with Crippen LogP contribution in [0.25, 0.3) is 0 Å². The molecule has 1 aromatic rings. The molecule has 0 saturated carbocycles. The molecule has 0 bridgehead atoms. The maximum absolute atomic E-state index is 5.71. The molecule has 3 nitrogen and oxygen atoms in total. The quantitative estimate of drug-likeness (QED) is 0.732. The molecule has 1 N–H and O–H groups in total. The first-order valence-corrected chi connectivity index (χ1v) is 7.28. The number of ether oxygens (including phenoxy) is 2. The second-order valence-corrected chi connectivity index (χ2v) is 5.01. The van der Waals surface area contributed by atoms with Crippen LogP contribution in [0.4, 0.5) is 0 Å². The van der Waals surface area contributed by atoms with Crippen LogP contribution < -0.4 is 5.32 Å². The molecule has 1 aromatic carbocycles. The summed E-state index contributed by atoms with van der Waals surface area (Å²) < 4.78 is 11.4. The third kappa shape index (κ3) is 3.35. The number of rotatable bonds is 8. The Balaban J connectivity index is 1.96. The van der Waals surface area contributed by atoms with Crippen molar-refractivity contribution in [3.63, 3.8) is 0 Å². The minimum atomic E-state index is -0.146. The standard InChI is InChI=1S/C16H25NO2/c1-4-18-16(19-5-2)15(17-3)11-13-10-12-8-6-7-9-14(12)13/h6-9,13,15-17H,4-5,10-11H2,1-3H3. The van der Waals surface area contributed by atoms with Gasteiger partial charge in [0, 0.05) is 13.2 Å². The molecule has 0 saturated heterocycles. The van der Waals surface area contributed by atoms with Crippen LogP contribution in [0.15, 0.2) is 24.3 Å². The largest absolute Gasteiger partial charge is 0.351 e. The normalized spacial score (nSPS) is 19.1. The van der Waals surface area contributed by atoms with Crippen molar-refractivity contribution >= 4 is 0 Å². The number of hydrogen-bond acceptors (Lipinski definition) is 3. The Morgan fingerprint density at radius 3 is 2.47 bits per heavy atom. The average molecular weight is 263 g/mol. The summed E-state index contributed by atoms with van der Waals surface area (Å²) in [5.74, 6) is 0.636. The lowest BCUT2D eigenvalue weighted by Crippen LogP contribution is -2.43. The molecule has 0 aliphatic heterocycles. The molecule has 1 aliphatic rings. The van der Waals surface area contributed by atoms with Crippen molar-refractivity contribution in [2.24, 2.45) is 0 Å². The molecule has 2 unspecified atom stereocenters. The second-order valence-electron chi connectivity index (χ2n) is 5.01. The lowest BCUT2D eigenvalue weighted by atomic mass is 9.74. The first-order chi connectivity index (χ1) is 9.30. The molecule has 0 amide bonds. The van der Waals surface area contributed by atoms with E-state index in [1.807, 2.05) is 20.9 Å². The van der Waals surface area contributed by atoms with Crippen molar-refractivity contribution in [1.82, 2.24) is 5.32 Å². The Bertz CT molecular complexity index is 388. The van der Waals surface area contributed by atoms with E-state index < -0.39 is 0 Å². The van der Waals surface area contributed by atoms with Crippen LogP contribution in [0.1, 0.15) is 37.3 Å². The van der Waals surface area contributed by atoms with E-state index in [2.05, 4.69) is 29.6 Å².